The van der Waals surface area contributed by atoms with Gasteiger partial charge in [0.1, 0.15) is 0 Å². The molecule has 0 unspecified atom stereocenters. The fourth-order valence-electron chi connectivity index (χ4n) is 1.29. The molecule has 2 heteroatoms. The van der Waals surface area contributed by atoms with Gasteiger partial charge in [-0.25, -0.2) is 0 Å². The highest BCUT2D eigenvalue weighted by atomic mass is 14.8. The minimum absolute atomic E-state index is 0.963. The van der Waals surface area contributed by atoms with Crippen LogP contribution in [0.4, 0.5) is 0 Å². The molecular formula is C12H18N2. The van der Waals surface area contributed by atoms with E-state index >= 15 is 0 Å². The summed E-state index contributed by atoms with van der Waals surface area (Å²) < 4.78 is 0. The van der Waals surface area contributed by atoms with Crippen LogP contribution in [0.5, 0.6) is 0 Å². The van der Waals surface area contributed by atoms with E-state index in [1.54, 1.807) is 0 Å². The minimum Gasteiger partial charge on any atom is -0.388 e. The van der Waals surface area contributed by atoms with Crippen LogP contribution in [0.25, 0.3) is 5.70 Å². The molecule has 0 aliphatic rings. The van der Waals surface area contributed by atoms with Crippen LogP contribution in [-0.2, 0) is 6.42 Å². The van der Waals surface area contributed by atoms with E-state index in [0.29, 0.717) is 0 Å². The SMILES string of the molecule is C=C(NC)c1ccc(CCNC)cc1. The van der Waals surface area contributed by atoms with Crippen LogP contribution in [0.1, 0.15) is 11.1 Å². The summed E-state index contributed by atoms with van der Waals surface area (Å²) in [4.78, 5) is 0. The molecule has 0 atom stereocenters. The highest BCUT2D eigenvalue weighted by Crippen LogP contribution is 2.10. The molecule has 0 amide bonds. The zero-order valence-corrected chi connectivity index (χ0v) is 8.93. The fourth-order valence-corrected chi connectivity index (χ4v) is 1.29. The zero-order valence-electron chi connectivity index (χ0n) is 8.93. The first-order valence-electron chi connectivity index (χ1n) is 4.88. The Balaban J connectivity index is 2.63. The zero-order chi connectivity index (χ0) is 10.4. The fraction of sp³-hybridized carbons (Fsp3) is 0.333. The van der Waals surface area contributed by atoms with E-state index < -0.39 is 0 Å². The van der Waals surface area contributed by atoms with Crippen LogP contribution in [0.15, 0.2) is 30.8 Å². The second-order valence-corrected chi connectivity index (χ2v) is 3.28. The molecule has 0 fully saturated rings. The Morgan fingerprint density at radius 2 is 1.86 bits per heavy atom. The second kappa shape index (κ2) is 5.45. The Kier molecular flexibility index (Phi) is 4.20. The van der Waals surface area contributed by atoms with Crippen molar-refractivity contribution in [3.63, 3.8) is 0 Å². The predicted octanol–water partition coefficient (Wildman–Crippen LogP) is 1.64. The van der Waals surface area contributed by atoms with Gasteiger partial charge in [-0.05, 0) is 31.1 Å². The number of likely N-dealkylation sites (N-methyl/N-ethyl adjacent to an activating group) is 1. The molecule has 2 N–H and O–H groups in total. The van der Waals surface area contributed by atoms with E-state index in [0.717, 1.165) is 24.2 Å². The van der Waals surface area contributed by atoms with E-state index in [9.17, 15) is 0 Å². The topological polar surface area (TPSA) is 24.1 Å². The van der Waals surface area contributed by atoms with Gasteiger partial charge in [-0.15, -0.1) is 0 Å². The van der Waals surface area contributed by atoms with Crippen molar-refractivity contribution in [2.24, 2.45) is 0 Å². The summed E-state index contributed by atoms with van der Waals surface area (Å²) in [6, 6.07) is 8.50. The first kappa shape index (κ1) is 10.8. The Morgan fingerprint density at radius 3 is 2.36 bits per heavy atom. The largest absolute Gasteiger partial charge is 0.388 e. The standard InChI is InChI=1S/C12H18N2/c1-10(14-3)12-6-4-11(5-7-12)8-9-13-2/h4-7,13-14H,1,8-9H2,2-3H3. The number of rotatable bonds is 5. The van der Waals surface area contributed by atoms with Crippen molar-refractivity contribution >= 4 is 5.70 Å². The van der Waals surface area contributed by atoms with Gasteiger partial charge in [-0.3, -0.25) is 0 Å². The van der Waals surface area contributed by atoms with Gasteiger partial charge in [-0.1, -0.05) is 30.8 Å². The summed E-state index contributed by atoms with van der Waals surface area (Å²) in [6.07, 6.45) is 1.07. The van der Waals surface area contributed by atoms with E-state index in [4.69, 9.17) is 0 Å². The monoisotopic (exact) mass is 190 g/mol. The van der Waals surface area contributed by atoms with Crippen molar-refractivity contribution in [3.05, 3.63) is 42.0 Å². The number of nitrogens with one attached hydrogen (secondary N) is 2. The lowest BCUT2D eigenvalue weighted by molar-refractivity contribution is 0.792. The molecule has 0 spiro atoms. The van der Waals surface area contributed by atoms with Crippen molar-refractivity contribution in [1.82, 2.24) is 10.6 Å². The van der Waals surface area contributed by atoms with E-state index in [2.05, 4.69) is 41.5 Å². The maximum absolute atomic E-state index is 3.91. The summed E-state index contributed by atoms with van der Waals surface area (Å²) >= 11 is 0. The van der Waals surface area contributed by atoms with Crippen LogP contribution < -0.4 is 10.6 Å². The highest BCUT2D eigenvalue weighted by molar-refractivity contribution is 5.61. The highest BCUT2D eigenvalue weighted by Gasteiger charge is 1.96. The first-order valence-corrected chi connectivity index (χ1v) is 4.88. The van der Waals surface area contributed by atoms with Crippen LogP contribution in [0.2, 0.25) is 0 Å². The van der Waals surface area contributed by atoms with E-state index in [-0.39, 0.29) is 0 Å². The van der Waals surface area contributed by atoms with Crippen LogP contribution in [-0.4, -0.2) is 20.6 Å². The molecule has 14 heavy (non-hydrogen) atoms. The molecule has 0 aromatic heterocycles. The minimum atomic E-state index is 0.963. The van der Waals surface area contributed by atoms with Gasteiger partial charge >= 0.3 is 0 Å². The maximum Gasteiger partial charge on any atom is 0.0338 e. The Bertz CT molecular complexity index is 288. The molecule has 0 heterocycles. The van der Waals surface area contributed by atoms with Gasteiger partial charge in [-0.2, -0.15) is 0 Å². The number of hydrogen-bond acceptors (Lipinski definition) is 2. The summed E-state index contributed by atoms with van der Waals surface area (Å²) in [7, 11) is 3.86. The van der Waals surface area contributed by atoms with E-state index in [1.165, 1.54) is 5.56 Å². The Labute approximate surface area is 86.0 Å². The molecule has 0 bridgehead atoms. The predicted molar refractivity (Wildman–Crippen MR) is 62.2 cm³/mol. The summed E-state index contributed by atoms with van der Waals surface area (Å²) in [5, 5.41) is 6.17. The smallest absolute Gasteiger partial charge is 0.0338 e. The molecule has 1 rings (SSSR count). The van der Waals surface area contributed by atoms with E-state index in [1.807, 2.05) is 14.1 Å². The van der Waals surface area contributed by atoms with Crippen molar-refractivity contribution in [2.75, 3.05) is 20.6 Å². The van der Waals surface area contributed by atoms with Gasteiger partial charge in [0.2, 0.25) is 0 Å². The summed E-state index contributed by atoms with van der Waals surface area (Å²) in [5.74, 6) is 0. The lowest BCUT2D eigenvalue weighted by Gasteiger charge is -2.06. The molecule has 1 aromatic carbocycles. The van der Waals surface area contributed by atoms with Crippen molar-refractivity contribution < 1.29 is 0 Å². The third-order valence-electron chi connectivity index (χ3n) is 2.27. The molecule has 0 saturated carbocycles. The van der Waals surface area contributed by atoms with Gasteiger partial charge in [0.05, 0.1) is 0 Å². The molecule has 0 saturated heterocycles. The average Bonchev–Trinajstić information content (AvgIpc) is 2.26. The lowest BCUT2D eigenvalue weighted by atomic mass is 10.1. The molecule has 2 nitrogen and oxygen atoms in total. The first-order chi connectivity index (χ1) is 6.77. The second-order valence-electron chi connectivity index (χ2n) is 3.28. The summed E-state index contributed by atoms with van der Waals surface area (Å²) in [5.41, 5.74) is 3.47. The van der Waals surface area contributed by atoms with Crippen LogP contribution >= 0.6 is 0 Å². The maximum atomic E-state index is 3.91. The Morgan fingerprint density at radius 1 is 1.21 bits per heavy atom. The third-order valence-corrected chi connectivity index (χ3v) is 2.27. The third kappa shape index (κ3) is 2.89. The molecule has 0 aliphatic heterocycles. The van der Waals surface area contributed by atoms with Gasteiger partial charge < -0.3 is 10.6 Å². The van der Waals surface area contributed by atoms with Crippen molar-refractivity contribution in [1.29, 1.82) is 0 Å². The van der Waals surface area contributed by atoms with Gasteiger partial charge in [0.25, 0.3) is 0 Å². The quantitative estimate of drug-likeness (QED) is 0.737. The summed E-state index contributed by atoms with van der Waals surface area (Å²) in [6.45, 7) is 4.93. The van der Waals surface area contributed by atoms with Crippen LogP contribution in [0, 0.1) is 0 Å². The lowest BCUT2D eigenvalue weighted by Crippen LogP contribution is -2.10. The van der Waals surface area contributed by atoms with Crippen molar-refractivity contribution in [3.8, 4) is 0 Å². The van der Waals surface area contributed by atoms with Gasteiger partial charge in [0.15, 0.2) is 0 Å². The van der Waals surface area contributed by atoms with Gasteiger partial charge in [0, 0.05) is 12.7 Å². The van der Waals surface area contributed by atoms with Crippen LogP contribution in [0.3, 0.4) is 0 Å². The Hall–Kier alpha value is -1.28. The van der Waals surface area contributed by atoms with Crippen molar-refractivity contribution in [2.45, 2.75) is 6.42 Å². The average molecular weight is 190 g/mol. The molecule has 1 aromatic rings. The molecular weight excluding hydrogens is 172 g/mol. The molecule has 0 aliphatic carbocycles. The number of benzene rings is 1. The molecule has 76 valence electrons. The number of hydrogen-bond donors (Lipinski definition) is 2. The molecule has 0 radical (unpaired) electrons. The normalized spacial score (nSPS) is 9.86.